The predicted molar refractivity (Wildman–Crippen MR) is 92.7 cm³/mol. The van der Waals surface area contributed by atoms with Crippen LogP contribution in [0, 0.1) is 17.8 Å². The fraction of sp³-hybridized carbons (Fsp3) is 0.450. The molecule has 126 valence electrons. The molecule has 1 aromatic carbocycles. The third kappa shape index (κ3) is 3.24. The molecule has 4 heteroatoms. The minimum Gasteiger partial charge on any atom is -0.465 e. The second kappa shape index (κ2) is 6.80. The first-order valence-electron chi connectivity index (χ1n) is 8.36. The maximum absolute atomic E-state index is 11.7. The van der Waals surface area contributed by atoms with Crippen molar-refractivity contribution in [3.8, 4) is 11.8 Å². The molecule has 1 N–H and O–H groups in total. The molecule has 0 aromatic heterocycles. The summed E-state index contributed by atoms with van der Waals surface area (Å²) in [5, 5.41) is 10.9. The molecule has 3 saturated heterocycles. The summed E-state index contributed by atoms with van der Waals surface area (Å²) >= 11 is 0. The highest BCUT2D eigenvalue weighted by Crippen LogP contribution is 2.35. The third-order valence-electron chi connectivity index (χ3n) is 5.03. The highest BCUT2D eigenvalue weighted by atomic mass is 16.5. The van der Waals surface area contributed by atoms with Gasteiger partial charge in [-0.15, -0.1) is 6.58 Å². The van der Waals surface area contributed by atoms with Crippen LogP contribution in [0.2, 0.25) is 0 Å². The van der Waals surface area contributed by atoms with Gasteiger partial charge < -0.3 is 9.84 Å². The molecule has 0 aliphatic carbocycles. The van der Waals surface area contributed by atoms with Crippen molar-refractivity contribution < 1.29 is 14.6 Å². The van der Waals surface area contributed by atoms with Crippen LogP contribution in [0.1, 0.15) is 34.3 Å². The zero-order valence-electron chi connectivity index (χ0n) is 14.0. The number of allylic oxidation sites excluding steroid dienone is 1. The molecule has 0 saturated carbocycles. The number of hydrogen-bond acceptors (Lipinski definition) is 4. The summed E-state index contributed by atoms with van der Waals surface area (Å²) in [5.74, 6) is 6.16. The maximum atomic E-state index is 11.7. The number of ether oxygens (including phenoxy) is 1. The molecule has 3 heterocycles. The molecular weight excluding hydrogens is 302 g/mol. The highest BCUT2D eigenvalue weighted by molar-refractivity contribution is 5.89. The molecular formula is C20H23NO3. The van der Waals surface area contributed by atoms with Crippen molar-refractivity contribution in [1.82, 2.24) is 4.90 Å². The Morgan fingerprint density at radius 2 is 2.25 bits per heavy atom. The van der Waals surface area contributed by atoms with E-state index in [4.69, 9.17) is 4.74 Å². The molecule has 3 fully saturated rings. The normalized spacial score (nSPS) is 27.9. The Morgan fingerprint density at radius 3 is 2.83 bits per heavy atom. The monoisotopic (exact) mass is 325 g/mol. The van der Waals surface area contributed by atoms with Crippen LogP contribution in [0.4, 0.5) is 0 Å². The van der Waals surface area contributed by atoms with Crippen molar-refractivity contribution in [2.24, 2.45) is 5.92 Å². The Bertz CT molecular complexity index is 707. The van der Waals surface area contributed by atoms with E-state index in [1.54, 1.807) is 18.2 Å². The highest BCUT2D eigenvalue weighted by Gasteiger charge is 2.44. The van der Waals surface area contributed by atoms with E-state index in [9.17, 15) is 9.90 Å². The number of carbonyl (C=O) groups excluding carboxylic acids is 1. The van der Waals surface area contributed by atoms with Gasteiger partial charge in [0.15, 0.2) is 0 Å². The first-order valence-corrected chi connectivity index (χ1v) is 8.36. The van der Waals surface area contributed by atoms with Crippen LogP contribution in [0.25, 0.3) is 0 Å². The molecule has 0 amide bonds. The van der Waals surface area contributed by atoms with Crippen LogP contribution in [0.15, 0.2) is 30.9 Å². The predicted octanol–water partition coefficient (Wildman–Crippen LogP) is 2.01. The summed E-state index contributed by atoms with van der Waals surface area (Å²) in [6.07, 6.45) is 4.41. The van der Waals surface area contributed by atoms with E-state index in [1.807, 2.05) is 6.07 Å². The van der Waals surface area contributed by atoms with Crippen molar-refractivity contribution in [1.29, 1.82) is 0 Å². The number of benzene rings is 1. The molecule has 4 rings (SSSR count). The fourth-order valence-corrected chi connectivity index (χ4v) is 3.64. The second-order valence-electron chi connectivity index (χ2n) is 6.58. The number of hydrogen-bond donors (Lipinski definition) is 1. The largest absolute Gasteiger partial charge is 0.465 e. The Hall–Kier alpha value is -2.09. The number of nitrogens with zero attached hydrogens (tertiary/aromatic N) is 1. The summed E-state index contributed by atoms with van der Waals surface area (Å²) < 4.78 is 4.77. The molecule has 1 unspecified atom stereocenters. The van der Waals surface area contributed by atoms with Gasteiger partial charge in [-0.2, -0.15) is 0 Å². The van der Waals surface area contributed by atoms with Crippen LogP contribution < -0.4 is 0 Å². The fourth-order valence-electron chi connectivity index (χ4n) is 3.64. The van der Waals surface area contributed by atoms with Gasteiger partial charge in [0.2, 0.25) is 0 Å². The number of piperidine rings is 3. The third-order valence-corrected chi connectivity index (χ3v) is 5.03. The van der Waals surface area contributed by atoms with E-state index >= 15 is 0 Å². The van der Waals surface area contributed by atoms with E-state index in [0.29, 0.717) is 18.5 Å². The molecule has 2 bridgehead atoms. The minimum absolute atomic E-state index is 0.257. The van der Waals surface area contributed by atoms with E-state index in [1.165, 1.54) is 7.11 Å². The lowest BCUT2D eigenvalue weighted by Crippen LogP contribution is -2.58. The first kappa shape index (κ1) is 16.8. The lowest BCUT2D eigenvalue weighted by atomic mass is 9.75. The SMILES string of the molecule is C=CCc1cc(C(=O)OC)ccc1C#CC1(O)CN2CCC1CC2. The van der Waals surface area contributed by atoms with E-state index in [0.717, 1.165) is 37.1 Å². The van der Waals surface area contributed by atoms with Crippen molar-refractivity contribution in [2.45, 2.75) is 24.9 Å². The number of rotatable bonds is 3. The van der Waals surface area contributed by atoms with E-state index < -0.39 is 5.60 Å². The zero-order valence-corrected chi connectivity index (χ0v) is 14.0. The summed E-state index contributed by atoms with van der Waals surface area (Å²) in [7, 11) is 1.37. The number of fused-ring (bicyclic) bond motifs is 3. The average molecular weight is 325 g/mol. The Morgan fingerprint density at radius 1 is 1.50 bits per heavy atom. The average Bonchev–Trinajstić information content (AvgIpc) is 2.61. The molecule has 0 radical (unpaired) electrons. The van der Waals surface area contributed by atoms with Crippen molar-refractivity contribution in [2.75, 3.05) is 26.7 Å². The van der Waals surface area contributed by atoms with E-state index in [-0.39, 0.29) is 11.9 Å². The van der Waals surface area contributed by atoms with Gasteiger partial charge in [0.05, 0.1) is 12.7 Å². The van der Waals surface area contributed by atoms with Gasteiger partial charge in [-0.1, -0.05) is 17.9 Å². The van der Waals surface area contributed by atoms with Crippen molar-refractivity contribution >= 4 is 5.97 Å². The van der Waals surface area contributed by atoms with Gasteiger partial charge in [-0.05, 0) is 56.1 Å². The lowest BCUT2D eigenvalue weighted by Gasteiger charge is -2.47. The number of carbonyl (C=O) groups is 1. The zero-order chi connectivity index (χ0) is 17.2. The van der Waals surface area contributed by atoms with Crippen LogP contribution in [-0.4, -0.2) is 48.3 Å². The topological polar surface area (TPSA) is 49.8 Å². The van der Waals surface area contributed by atoms with Crippen LogP contribution in [0.3, 0.4) is 0 Å². The maximum Gasteiger partial charge on any atom is 0.337 e. The standard InChI is InChI=1S/C20H23NO3/c1-3-4-16-13-17(19(22)24-2)6-5-15(16)7-10-20(23)14-21-11-8-18(20)9-12-21/h3,5-6,13,18,23H,1,4,8-9,11-12,14H2,2H3. The molecule has 4 nitrogen and oxygen atoms in total. The molecule has 3 aliphatic rings. The van der Waals surface area contributed by atoms with Crippen LogP contribution >= 0.6 is 0 Å². The molecule has 1 aromatic rings. The molecule has 3 aliphatic heterocycles. The van der Waals surface area contributed by atoms with Gasteiger partial charge >= 0.3 is 5.97 Å². The molecule has 24 heavy (non-hydrogen) atoms. The quantitative estimate of drug-likeness (QED) is 0.525. The van der Waals surface area contributed by atoms with Gasteiger partial charge in [0.1, 0.15) is 5.60 Å². The summed E-state index contributed by atoms with van der Waals surface area (Å²) in [6.45, 7) is 6.51. The minimum atomic E-state index is -0.928. The smallest absolute Gasteiger partial charge is 0.337 e. The van der Waals surface area contributed by atoms with Gasteiger partial charge in [-0.3, -0.25) is 4.90 Å². The van der Waals surface area contributed by atoms with E-state index in [2.05, 4.69) is 23.3 Å². The Balaban J connectivity index is 1.90. The van der Waals surface area contributed by atoms with Gasteiger partial charge in [-0.25, -0.2) is 4.79 Å². The second-order valence-corrected chi connectivity index (χ2v) is 6.58. The summed E-state index contributed by atoms with van der Waals surface area (Å²) in [4.78, 5) is 14.0. The number of methoxy groups -OCH3 is 1. The van der Waals surface area contributed by atoms with Gasteiger partial charge in [0, 0.05) is 18.0 Å². The van der Waals surface area contributed by atoms with Crippen molar-refractivity contribution in [3.63, 3.8) is 0 Å². The number of esters is 1. The lowest BCUT2D eigenvalue weighted by molar-refractivity contribution is -0.0713. The summed E-state index contributed by atoms with van der Waals surface area (Å²) in [6, 6.07) is 5.32. The van der Waals surface area contributed by atoms with Crippen LogP contribution in [-0.2, 0) is 11.2 Å². The summed E-state index contributed by atoms with van der Waals surface area (Å²) in [5.41, 5.74) is 1.32. The molecule has 0 spiro atoms. The Labute approximate surface area is 143 Å². The Kier molecular flexibility index (Phi) is 4.75. The van der Waals surface area contributed by atoms with Gasteiger partial charge in [0.25, 0.3) is 0 Å². The molecule has 1 atom stereocenters. The first-order chi connectivity index (χ1) is 11.6. The van der Waals surface area contributed by atoms with Crippen LogP contribution in [0.5, 0.6) is 0 Å². The van der Waals surface area contributed by atoms with Crippen molar-refractivity contribution in [3.05, 3.63) is 47.5 Å². The number of aliphatic hydroxyl groups is 1.